The van der Waals surface area contributed by atoms with E-state index in [1.54, 1.807) is 0 Å². The molecule has 19 heavy (non-hydrogen) atoms. The number of hydrogen-bond acceptors (Lipinski definition) is 2. The number of nitrogens with zero attached hydrogens (tertiary/aromatic N) is 2. The van der Waals surface area contributed by atoms with Crippen molar-refractivity contribution in [2.24, 2.45) is 0 Å². The zero-order chi connectivity index (χ0) is 14.0. The van der Waals surface area contributed by atoms with Crippen LogP contribution in [0.5, 0.6) is 0 Å². The topological polar surface area (TPSA) is 29.9 Å². The Morgan fingerprint density at radius 2 is 2.00 bits per heavy atom. The van der Waals surface area contributed by atoms with E-state index >= 15 is 0 Å². The van der Waals surface area contributed by atoms with Crippen LogP contribution in [0, 0.1) is 20.8 Å². The molecule has 0 radical (unpaired) electrons. The van der Waals surface area contributed by atoms with Gasteiger partial charge in [0.15, 0.2) is 0 Å². The third kappa shape index (κ3) is 2.90. The second-order valence-corrected chi connectivity index (χ2v) is 5.76. The summed E-state index contributed by atoms with van der Waals surface area (Å²) in [5.74, 6) is 0. The van der Waals surface area contributed by atoms with Gasteiger partial charge in [-0.2, -0.15) is 5.10 Å². The molecule has 0 aliphatic rings. The fourth-order valence-electron chi connectivity index (χ4n) is 2.38. The summed E-state index contributed by atoms with van der Waals surface area (Å²) in [4.78, 5) is 0. The molecule has 3 nitrogen and oxygen atoms in total. The quantitative estimate of drug-likeness (QED) is 0.936. The second-order valence-electron chi connectivity index (χ2n) is 4.85. The Morgan fingerprint density at radius 1 is 1.26 bits per heavy atom. The minimum atomic E-state index is 0.979. The lowest BCUT2D eigenvalue weighted by molar-refractivity contribution is 0.783. The number of aryl methyl sites for hydroxylation is 2. The van der Waals surface area contributed by atoms with Crippen molar-refractivity contribution >= 4 is 15.9 Å². The molecule has 2 aromatic rings. The minimum Gasteiger partial charge on any atom is -0.319 e. The normalized spacial score (nSPS) is 11.0. The van der Waals surface area contributed by atoms with E-state index in [4.69, 9.17) is 5.10 Å². The molecule has 0 aliphatic carbocycles. The van der Waals surface area contributed by atoms with Gasteiger partial charge in [0.2, 0.25) is 0 Å². The highest BCUT2D eigenvalue weighted by molar-refractivity contribution is 9.10. The number of aromatic nitrogens is 2. The van der Waals surface area contributed by atoms with Crippen LogP contribution < -0.4 is 5.32 Å². The standard InChI is InChI=1S/C15H20BrN3/c1-10-9-13(16)5-6-15(10)19-12(3)14(7-8-17-4)11(2)18-19/h5-6,9,17H,7-8H2,1-4H3. The molecular weight excluding hydrogens is 302 g/mol. The third-order valence-corrected chi connectivity index (χ3v) is 3.95. The van der Waals surface area contributed by atoms with E-state index in [1.165, 1.54) is 16.8 Å². The average molecular weight is 322 g/mol. The van der Waals surface area contributed by atoms with Gasteiger partial charge >= 0.3 is 0 Å². The molecule has 102 valence electrons. The highest BCUT2D eigenvalue weighted by atomic mass is 79.9. The monoisotopic (exact) mass is 321 g/mol. The Kier molecular flexibility index (Phi) is 4.42. The van der Waals surface area contributed by atoms with Crippen molar-refractivity contribution in [3.63, 3.8) is 0 Å². The van der Waals surface area contributed by atoms with Crippen LogP contribution >= 0.6 is 15.9 Å². The van der Waals surface area contributed by atoms with Crippen molar-refractivity contribution in [3.05, 3.63) is 45.2 Å². The number of hydrogen-bond donors (Lipinski definition) is 1. The highest BCUT2D eigenvalue weighted by Gasteiger charge is 2.13. The average Bonchev–Trinajstić information content (AvgIpc) is 2.63. The maximum atomic E-state index is 4.70. The molecule has 2 rings (SSSR count). The molecule has 0 amide bonds. The van der Waals surface area contributed by atoms with Gasteiger partial charge in [-0.05, 0) is 70.1 Å². The Bertz CT molecular complexity index is 587. The van der Waals surface area contributed by atoms with Gasteiger partial charge in [-0.3, -0.25) is 0 Å². The zero-order valence-corrected chi connectivity index (χ0v) is 13.5. The molecule has 1 aromatic heterocycles. The SMILES string of the molecule is CNCCc1c(C)nn(-c2ccc(Br)cc2C)c1C. The zero-order valence-electron chi connectivity index (χ0n) is 11.9. The van der Waals surface area contributed by atoms with Crippen LogP contribution in [0.4, 0.5) is 0 Å². The van der Waals surface area contributed by atoms with Gasteiger partial charge in [0.1, 0.15) is 0 Å². The number of benzene rings is 1. The molecule has 0 spiro atoms. The summed E-state index contributed by atoms with van der Waals surface area (Å²) in [6.07, 6.45) is 1.02. The Morgan fingerprint density at radius 3 is 2.63 bits per heavy atom. The number of nitrogens with one attached hydrogen (secondary N) is 1. The van der Waals surface area contributed by atoms with Crippen LogP contribution in [-0.4, -0.2) is 23.4 Å². The maximum Gasteiger partial charge on any atom is 0.0678 e. The Labute approximate surface area is 123 Å². The van der Waals surface area contributed by atoms with Crippen molar-refractivity contribution in [2.45, 2.75) is 27.2 Å². The summed E-state index contributed by atoms with van der Waals surface area (Å²) in [5.41, 5.74) is 6.07. The van der Waals surface area contributed by atoms with E-state index in [1.807, 2.05) is 7.05 Å². The smallest absolute Gasteiger partial charge is 0.0678 e. The molecule has 1 N–H and O–H groups in total. The van der Waals surface area contributed by atoms with Crippen molar-refractivity contribution in [3.8, 4) is 5.69 Å². The number of rotatable bonds is 4. The van der Waals surface area contributed by atoms with Gasteiger partial charge in [-0.25, -0.2) is 4.68 Å². The summed E-state index contributed by atoms with van der Waals surface area (Å²) in [6, 6.07) is 6.30. The Hall–Kier alpha value is -1.13. The first-order chi connectivity index (χ1) is 9.04. The molecule has 0 unspecified atom stereocenters. The van der Waals surface area contributed by atoms with E-state index in [0.29, 0.717) is 0 Å². The predicted octanol–water partition coefficient (Wildman–Crippen LogP) is 3.32. The molecule has 1 heterocycles. The highest BCUT2D eigenvalue weighted by Crippen LogP contribution is 2.23. The van der Waals surface area contributed by atoms with Gasteiger partial charge in [-0.1, -0.05) is 15.9 Å². The van der Waals surface area contributed by atoms with Crippen LogP contribution in [0.15, 0.2) is 22.7 Å². The van der Waals surface area contributed by atoms with Crippen LogP contribution in [0.25, 0.3) is 5.69 Å². The molecule has 0 bridgehead atoms. The van der Waals surface area contributed by atoms with E-state index in [-0.39, 0.29) is 0 Å². The van der Waals surface area contributed by atoms with Gasteiger partial charge in [0.25, 0.3) is 0 Å². The van der Waals surface area contributed by atoms with Gasteiger partial charge in [-0.15, -0.1) is 0 Å². The largest absolute Gasteiger partial charge is 0.319 e. The van der Waals surface area contributed by atoms with Crippen LogP contribution in [0.1, 0.15) is 22.5 Å². The number of likely N-dealkylation sites (N-methyl/N-ethyl adjacent to an activating group) is 1. The molecular formula is C15H20BrN3. The minimum absolute atomic E-state index is 0.979. The fourth-order valence-corrected chi connectivity index (χ4v) is 2.85. The van der Waals surface area contributed by atoms with Gasteiger partial charge < -0.3 is 5.32 Å². The van der Waals surface area contributed by atoms with E-state index in [9.17, 15) is 0 Å². The first kappa shape index (κ1) is 14.3. The summed E-state index contributed by atoms with van der Waals surface area (Å²) < 4.78 is 3.16. The first-order valence-corrected chi connectivity index (χ1v) is 7.30. The summed E-state index contributed by atoms with van der Waals surface area (Å²) in [6.45, 7) is 7.33. The fraction of sp³-hybridized carbons (Fsp3) is 0.400. The van der Waals surface area contributed by atoms with Crippen molar-refractivity contribution < 1.29 is 0 Å². The van der Waals surface area contributed by atoms with Crippen molar-refractivity contribution in [2.75, 3.05) is 13.6 Å². The summed E-state index contributed by atoms with van der Waals surface area (Å²) >= 11 is 3.50. The van der Waals surface area contributed by atoms with E-state index in [2.05, 4.69) is 64.9 Å². The molecule has 4 heteroatoms. The van der Waals surface area contributed by atoms with Gasteiger partial charge in [0, 0.05) is 10.2 Å². The Balaban J connectivity index is 2.45. The molecule has 0 atom stereocenters. The lowest BCUT2D eigenvalue weighted by atomic mass is 10.1. The lowest BCUT2D eigenvalue weighted by Gasteiger charge is -2.09. The molecule has 0 saturated heterocycles. The third-order valence-electron chi connectivity index (χ3n) is 3.45. The van der Waals surface area contributed by atoms with Crippen LogP contribution in [0.3, 0.4) is 0 Å². The van der Waals surface area contributed by atoms with Crippen LogP contribution in [0.2, 0.25) is 0 Å². The van der Waals surface area contributed by atoms with Crippen molar-refractivity contribution in [1.29, 1.82) is 0 Å². The summed E-state index contributed by atoms with van der Waals surface area (Å²) in [7, 11) is 1.98. The lowest BCUT2D eigenvalue weighted by Crippen LogP contribution is -2.11. The first-order valence-electron chi connectivity index (χ1n) is 6.50. The predicted molar refractivity (Wildman–Crippen MR) is 83.1 cm³/mol. The van der Waals surface area contributed by atoms with E-state index in [0.717, 1.165) is 28.8 Å². The van der Waals surface area contributed by atoms with Crippen molar-refractivity contribution in [1.82, 2.24) is 15.1 Å². The molecule has 1 aromatic carbocycles. The van der Waals surface area contributed by atoms with E-state index < -0.39 is 0 Å². The van der Waals surface area contributed by atoms with Crippen LogP contribution in [-0.2, 0) is 6.42 Å². The molecule has 0 saturated carbocycles. The number of halogens is 1. The molecule has 0 aliphatic heterocycles. The maximum absolute atomic E-state index is 4.70. The summed E-state index contributed by atoms with van der Waals surface area (Å²) in [5, 5.41) is 7.89. The van der Waals surface area contributed by atoms with Gasteiger partial charge in [0.05, 0.1) is 11.4 Å². The molecule has 0 fully saturated rings. The second kappa shape index (κ2) is 5.88.